The SMILES string of the molecule is C=CCC1CC(c2csc(=S)[nH]2)=C[C@H](CC(C)C)N1C(=O)O. The smallest absolute Gasteiger partial charge is 0.408 e. The minimum absolute atomic E-state index is 0.0689. The molecule has 4 nitrogen and oxygen atoms in total. The van der Waals surface area contributed by atoms with Gasteiger partial charge in [-0.3, -0.25) is 4.90 Å². The molecule has 2 atom stereocenters. The molecule has 2 rings (SSSR count). The van der Waals surface area contributed by atoms with Gasteiger partial charge >= 0.3 is 6.09 Å². The fourth-order valence-corrected chi connectivity index (χ4v) is 3.85. The normalized spacial score (nSPS) is 21.8. The highest BCUT2D eigenvalue weighted by Crippen LogP contribution is 2.33. The van der Waals surface area contributed by atoms with Crippen LogP contribution in [0.15, 0.2) is 24.1 Å². The maximum Gasteiger partial charge on any atom is 0.408 e. The van der Waals surface area contributed by atoms with E-state index in [4.69, 9.17) is 12.2 Å². The number of carboxylic acid groups (broad SMARTS) is 1. The topological polar surface area (TPSA) is 56.3 Å². The zero-order valence-electron chi connectivity index (χ0n) is 12.9. The number of H-pyrrole nitrogens is 1. The first kappa shape index (κ1) is 17.0. The van der Waals surface area contributed by atoms with Crippen molar-refractivity contribution in [2.24, 2.45) is 5.92 Å². The van der Waals surface area contributed by atoms with Gasteiger partial charge in [-0.15, -0.1) is 17.9 Å². The van der Waals surface area contributed by atoms with Crippen molar-refractivity contribution < 1.29 is 9.90 Å². The van der Waals surface area contributed by atoms with Gasteiger partial charge < -0.3 is 10.1 Å². The maximum absolute atomic E-state index is 11.7. The van der Waals surface area contributed by atoms with E-state index in [1.165, 1.54) is 11.3 Å². The Bertz CT molecular complexity index is 630. The summed E-state index contributed by atoms with van der Waals surface area (Å²) < 4.78 is 0.747. The number of nitrogens with zero attached hydrogens (tertiary/aromatic N) is 1. The summed E-state index contributed by atoms with van der Waals surface area (Å²) in [6.45, 7) is 8.00. The molecule has 0 radical (unpaired) electrons. The lowest BCUT2D eigenvalue weighted by atomic mass is 9.89. The number of carbonyl (C=O) groups is 1. The highest BCUT2D eigenvalue weighted by atomic mass is 32.1. The average molecular weight is 338 g/mol. The summed E-state index contributed by atoms with van der Waals surface area (Å²) in [6.07, 6.45) is 5.19. The van der Waals surface area contributed by atoms with Crippen molar-refractivity contribution in [1.29, 1.82) is 0 Å². The molecule has 0 aromatic carbocycles. The van der Waals surface area contributed by atoms with Crippen molar-refractivity contribution in [2.75, 3.05) is 0 Å². The fourth-order valence-electron chi connectivity index (χ4n) is 2.99. The number of hydrogen-bond acceptors (Lipinski definition) is 3. The third-order valence-corrected chi connectivity index (χ3v) is 4.90. The van der Waals surface area contributed by atoms with E-state index in [2.05, 4.69) is 31.5 Å². The van der Waals surface area contributed by atoms with Gasteiger partial charge in [0.25, 0.3) is 0 Å². The number of hydrogen-bond donors (Lipinski definition) is 2. The Morgan fingerprint density at radius 1 is 1.68 bits per heavy atom. The van der Waals surface area contributed by atoms with Crippen LogP contribution in [0.1, 0.15) is 38.8 Å². The molecule has 0 bridgehead atoms. The maximum atomic E-state index is 11.7. The van der Waals surface area contributed by atoms with Gasteiger partial charge in [-0.05, 0) is 43.0 Å². The van der Waals surface area contributed by atoms with Crippen LogP contribution in [0, 0.1) is 9.87 Å². The summed E-state index contributed by atoms with van der Waals surface area (Å²) in [5.74, 6) is 0.424. The van der Waals surface area contributed by atoms with E-state index in [0.717, 1.165) is 21.6 Å². The first-order chi connectivity index (χ1) is 10.4. The van der Waals surface area contributed by atoms with Gasteiger partial charge in [0.1, 0.15) is 0 Å². The van der Waals surface area contributed by atoms with Gasteiger partial charge in [-0.2, -0.15) is 0 Å². The number of aromatic nitrogens is 1. The molecule has 0 aliphatic carbocycles. The van der Waals surface area contributed by atoms with Crippen LogP contribution in [0.3, 0.4) is 0 Å². The quantitative estimate of drug-likeness (QED) is 0.591. The van der Waals surface area contributed by atoms with Crippen LogP contribution >= 0.6 is 23.6 Å². The lowest BCUT2D eigenvalue weighted by Gasteiger charge is -2.39. The lowest BCUT2D eigenvalue weighted by Crippen LogP contribution is -2.48. The molecular weight excluding hydrogens is 316 g/mol. The molecule has 1 aromatic heterocycles. The van der Waals surface area contributed by atoms with Gasteiger partial charge in [-0.1, -0.05) is 26.0 Å². The number of nitrogens with one attached hydrogen (secondary N) is 1. The zero-order chi connectivity index (χ0) is 16.3. The summed E-state index contributed by atoms with van der Waals surface area (Å²) >= 11 is 6.67. The predicted molar refractivity (Wildman–Crippen MR) is 93.8 cm³/mol. The third-order valence-electron chi connectivity index (χ3n) is 3.84. The molecule has 6 heteroatoms. The number of rotatable bonds is 5. The van der Waals surface area contributed by atoms with E-state index in [1.54, 1.807) is 11.0 Å². The number of thiazole rings is 1. The highest BCUT2D eigenvalue weighted by Gasteiger charge is 2.34. The van der Waals surface area contributed by atoms with E-state index in [9.17, 15) is 9.90 Å². The average Bonchev–Trinajstić information content (AvgIpc) is 2.84. The fraction of sp³-hybridized carbons (Fsp3) is 0.500. The van der Waals surface area contributed by atoms with Crippen LogP contribution < -0.4 is 0 Å². The first-order valence-electron chi connectivity index (χ1n) is 7.43. The molecular formula is C16H22N2O2S2. The zero-order valence-corrected chi connectivity index (χ0v) is 14.5. The Morgan fingerprint density at radius 2 is 2.41 bits per heavy atom. The summed E-state index contributed by atoms with van der Waals surface area (Å²) in [5.41, 5.74) is 2.17. The standard InChI is InChI=1S/C16H22N2O2S2/c1-4-5-12-7-11(14-9-22-15(21)17-14)8-13(6-10(2)3)18(12)16(19)20/h4,8-10,12-13H,1,5-7H2,2-3H3,(H,17,21)(H,19,20)/t12?,13-/m0/s1. The van der Waals surface area contributed by atoms with Gasteiger partial charge in [0, 0.05) is 11.4 Å². The Kier molecular flexibility index (Phi) is 5.58. The summed E-state index contributed by atoms with van der Waals surface area (Å²) in [7, 11) is 0. The molecule has 0 fully saturated rings. The second kappa shape index (κ2) is 7.24. The van der Waals surface area contributed by atoms with Gasteiger partial charge in [0.15, 0.2) is 3.95 Å². The summed E-state index contributed by atoms with van der Waals surface area (Å²) in [5, 5.41) is 11.6. The molecule has 1 unspecified atom stereocenters. The largest absolute Gasteiger partial charge is 0.465 e. The van der Waals surface area contributed by atoms with Crippen LogP contribution in [0.5, 0.6) is 0 Å². The van der Waals surface area contributed by atoms with Gasteiger partial charge in [-0.25, -0.2) is 4.79 Å². The second-order valence-electron chi connectivity index (χ2n) is 6.02. The van der Waals surface area contributed by atoms with Crippen LogP contribution in [0.25, 0.3) is 5.57 Å². The Balaban J connectivity index is 2.40. The van der Waals surface area contributed by atoms with E-state index in [1.807, 2.05) is 5.38 Å². The molecule has 1 aromatic rings. The number of amides is 1. The molecule has 1 amide bonds. The molecule has 22 heavy (non-hydrogen) atoms. The minimum Gasteiger partial charge on any atom is -0.465 e. The minimum atomic E-state index is -0.856. The highest BCUT2D eigenvalue weighted by molar-refractivity contribution is 7.73. The Labute approximate surface area is 140 Å². The lowest BCUT2D eigenvalue weighted by molar-refractivity contribution is 0.101. The Morgan fingerprint density at radius 3 is 2.91 bits per heavy atom. The van der Waals surface area contributed by atoms with Crippen LogP contribution in [0.2, 0.25) is 0 Å². The molecule has 0 spiro atoms. The molecule has 0 saturated carbocycles. The van der Waals surface area contributed by atoms with Crippen molar-refractivity contribution in [3.8, 4) is 0 Å². The van der Waals surface area contributed by atoms with Crippen LogP contribution in [0.4, 0.5) is 4.79 Å². The van der Waals surface area contributed by atoms with Gasteiger partial charge in [0.2, 0.25) is 0 Å². The predicted octanol–water partition coefficient (Wildman–Crippen LogP) is 4.93. The third kappa shape index (κ3) is 3.87. The van der Waals surface area contributed by atoms with Crippen molar-refractivity contribution in [3.05, 3.63) is 33.8 Å². The summed E-state index contributed by atoms with van der Waals surface area (Å²) in [6, 6.07) is -0.173. The van der Waals surface area contributed by atoms with Crippen molar-refractivity contribution in [2.45, 2.75) is 45.2 Å². The van der Waals surface area contributed by atoms with Crippen LogP contribution in [-0.2, 0) is 0 Å². The second-order valence-corrected chi connectivity index (χ2v) is 7.57. The van der Waals surface area contributed by atoms with Crippen molar-refractivity contribution >= 4 is 35.2 Å². The molecule has 0 saturated heterocycles. The summed E-state index contributed by atoms with van der Waals surface area (Å²) in [4.78, 5) is 16.5. The number of aromatic amines is 1. The first-order valence-corrected chi connectivity index (χ1v) is 8.72. The molecule has 2 N–H and O–H groups in total. The van der Waals surface area contributed by atoms with E-state index < -0.39 is 6.09 Å². The van der Waals surface area contributed by atoms with E-state index >= 15 is 0 Å². The Hall–Kier alpha value is -1.40. The molecule has 1 aliphatic rings. The van der Waals surface area contributed by atoms with E-state index in [0.29, 0.717) is 18.8 Å². The van der Waals surface area contributed by atoms with Crippen LogP contribution in [-0.4, -0.2) is 33.2 Å². The molecule has 120 valence electrons. The monoisotopic (exact) mass is 338 g/mol. The molecule has 2 heterocycles. The van der Waals surface area contributed by atoms with Gasteiger partial charge in [0.05, 0.1) is 11.7 Å². The van der Waals surface area contributed by atoms with E-state index in [-0.39, 0.29) is 12.1 Å². The van der Waals surface area contributed by atoms with Crippen molar-refractivity contribution in [1.82, 2.24) is 9.88 Å². The molecule has 1 aliphatic heterocycles. The van der Waals surface area contributed by atoms with Crippen molar-refractivity contribution in [3.63, 3.8) is 0 Å².